The summed E-state index contributed by atoms with van der Waals surface area (Å²) in [5.41, 5.74) is 1.77. The average molecular weight is 315 g/mol. The maximum atomic E-state index is 12.1. The van der Waals surface area contributed by atoms with Gasteiger partial charge < -0.3 is 10.6 Å². The van der Waals surface area contributed by atoms with Crippen molar-refractivity contribution in [2.75, 3.05) is 6.54 Å². The number of hydrogen-bond donors (Lipinski definition) is 2. The van der Waals surface area contributed by atoms with Crippen molar-refractivity contribution in [1.82, 2.24) is 15.6 Å². The molecule has 0 saturated heterocycles. The van der Waals surface area contributed by atoms with Crippen LogP contribution in [0, 0.1) is 0 Å². The summed E-state index contributed by atoms with van der Waals surface area (Å²) in [4.78, 5) is 39.8. The smallest absolute Gasteiger partial charge is 0.252 e. The first-order valence-electron chi connectivity index (χ1n) is 8.23. The zero-order valence-electron chi connectivity index (χ0n) is 13.1. The molecule has 122 valence electrons. The molecule has 1 saturated carbocycles. The highest BCUT2D eigenvalue weighted by Crippen LogP contribution is 2.20. The summed E-state index contributed by atoms with van der Waals surface area (Å²) in [5.74, 6) is -0.144. The van der Waals surface area contributed by atoms with Gasteiger partial charge in [-0.05, 0) is 38.2 Å². The van der Waals surface area contributed by atoms with Crippen LogP contribution >= 0.6 is 0 Å². The largest absolute Gasteiger partial charge is 0.353 e. The molecule has 0 aromatic carbocycles. The van der Waals surface area contributed by atoms with Crippen LogP contribution in [0.1, 0.15) is 64.9 Å². The number of hydrogen-bond acceptors (Lipinski definition) is 4. The number of rotatable bonds is 6. The van der Waals surface area contributed by atoms with E-state index in [2.05, 4.69) is 15.6 Å². The van der Waals surface area contributed by atoms with Crippen LogP contribution in [0.3, 0.4) is 0 Å². The highest BCUT2D eigenvalue weighted by atomic mass is 16.2. The normalized spacial score (nSPS) is 16.6. The Bertz CT molecular complexity index is 638. The third-order valence-electron chi connectivity index (χ3n) is 4.16. The van der Waals surface area contributed by atoms with Crippen LogP contribution in [0.25, 0.3) is 0 Å². The van der Waals surface area contributed by atoms with Crippen molar-refractivity contribution < 1.29 is 14.4 Å². The Kier molecular flexibility index (Phi) is 4.69. The lowest BCUT2D eigenvalue weighted by Crippen LogP contribution is -2.28. The number of aryl methyl sites for hydroxylation is 1. The van der Waals surface area contributed by atoms with E-state index < -0.39 is 0 Å². The van der Waals surface area contributed by atoms with Crippen LogP contribution in [-0.2, 0) is 11.2 Å². The standard InChI is InChI=1S/C17H21N3O3/c21-15-4-1-3-14-13(15)9-11(10-19-14)17(23)18-8-2-5-16(22)20-12-6-7-12/h9-10,12H,1-8H2,(H,18,23)(H,20,22). The lowest BCUT2D eigenvalue weighted by atomic mass is 9.94. The lowest BCUT2D eigenvalue weighted by molar-refractivity contribution is -0.121. The molecule has 0 radical (unpaired) electrons. The van der Waals surface area contributed by atoms with Gasteiger partial charge in [0.05, 0.1) is 11.3 Å². The molecule has 0 aliphatic heterocycles. The van der Waals surface area contributed by atoms with Crippen LogP contribution in [0.4, 0.5) is 0 Å². The molecule has 0 unspecified atom stereocenters. The van der Waals surface area contributed by atoms with E-state index in [1.807, 2.05) is 0 Å². The number of ketones is 1. The molecule has 2 aliphatic carbocycles. The maximum absolute atomic E-state index is 12.1. The first-order chi connectivity index (χ1) is 11.1. The Labute approximate surface area is 135 Å². The SMILES string of the molecule is O=C(CCCNC(=O)c1cnc2c(c1)C(=O)CCC2)NC1CC1. The maximum Gasteiger partial charge on any atom is 0.252 e. The number of pyridine rings is 1. The molecule has 6 nitrogen and oxygen atoms in total. The molecule has 0 bridgehead atoms. The van der Waals surface area contributed by atoms with Gasteiger partial charge in [-0.1, -0.05) is 0 Å². The van der Waals surface area contributed by atoms with Crippen LogP contribution in [0.15, 0.2) is 12.3 Å². The second-order valence-electron chi connectivity index (χ2n) is 6.20. The molecule has 0 atom stereocenters. The number of aromatic nitrogens is 1. The summed E-state index contributed by atoms with van der Waals surface area (Å²) in [6.07, 6.45) is 6.83. The fraction of sp³-hybridized carbons (Fsp3) is 0.529. The van der Waals surface area contributed by atoms with E-state index in [0.717, 1.165) is 31.4 Å². The molecule has 6 heteroatoms. The summed E-state index contributed by atoms with van der Waals surface area (Å²) < 4.78 is 0. The number of nitrogens with zero attached hydrogens (tertiary/aromatic N) is 1. The number of nitrogens with one attached hydrogen (secondary N) is 2. The van der Waals surface area contributed by atoms with Crippen molar-refractivity contribution in [3.63, 3.8) is 0 Å². The Balaban J connectivity index is 1.47. The van der Waals surface area contributed by atoms with Gasteiger partial charge in [-0.25, -0.2) is 0 Å². The highest BCUT2D eigenvalue weighted by Gasteiger charge is 2.23. The monoisotopic (exact) mass is 315 g/mol. The first-order valence-corrected chi connectivity index (χ1v) is 8.23. The minimum Gasteiger partial charge on any atom is -0.353 e. The Morgan fingerprint density at radius 2 is 2.09 bits per heavy atom. The van der Waals surface area contributed by atoms with Crippen molar-refractivity contribution in [2.45, 2.75) is 51.0 Å². The van der Waals surface area contributed by atoms with Gasteiger partial charge in [0.15, 0.2) is 5.78 Å². The molecule has 23 heavy (non-hydrogen) atoms. The Hall–Kier alpha value is -2.24. The molecular weight excluding hydrogens is 294 g/mol. The van der Waals surface area contributed by atoms with Crippen LogP contribution in [-0.4, -0.2) is 35.2 Å². The number of fused-ring (bicyclic) bond motifs is 1. The number of carbonyl (C=O) groups is 3. The zero-order valence-corrected chi connectivity index (χ0v) is 13.1. The third kappa shape index (κ3) is 4.15. The molecule has 2 amide bonds. The molecule has 3 rings (SSSR count). The Morgan fingerprint density at radius 1 is 1.26 bits per heavy atom. The molecule has 0 spiro atoms. The molecule has 1 aromatic rings. The predicted molar refractivity (Wildman–Crippen MR) is 84.2 cm³/mol. The molecule has 2 aliphatic rings. The minimum absolute atomic E-state index is 0.0443. The molecule has 1 aromatic heterocycles. The van der Waals surface area contributed by atoms with Crippen molar-refractivity contribution in [3.8, 4) is 0 Å². The second-order valence-corrected chi connectivity index (χ2v) is 6.20. The van der Waals surface area contributed by atoms with Gasteiger partial charge in [-0.2, -0.15) is 0 Å². The molecular formula is C17H21N3O3. The topological polar surface area (TPSA) is 88.2 Å². The fourth-order valence-electron chi connectivity index (χ4n) is 2.69. The summed E-state index contributed by atoms with van der Waals surface area (Å²) in [5, 5.41) is 5.69. The van der Waals surface area contributed by atoms with Crippen LogP contribution < -0.4 is 10.6 Å². The van der Waals surface area contributed by atoms with Gasteiger partial charge in [-0.15, -0.1) is 0 Å². The van der Waals surface area contributed by atoms with Gasteiger partial charge in [0, 0.05) is 37.2 Å². The Morgan fingerprint density at radius 3 is 2.87 bits per heavy atom. The van der Waals surface area contributed by atoms with E-state index in [0.29, 0.717) is 43.0 Å². The lowest BCUT2D eigenvalue weighted by Gasteiger charge is -2.14. The third-order valence-corrected chi connectivity index (χ3v) is 4.16. The van der Waals surface area contributed by atoms with E-state index in [9.17, 15) is 14.4 Å². The summed E-state index contributed by atoms with van der Waals surface area (Å²) in [6, 6.07) is 2.01. The number of amides is 2. The first kappa shape index (κ1) is 15.6. The van der Waals surface area contributed by atoms with E-state index in [-0.39, 0.29) is 17.6 Å². The molecule has 1 fully saturated rings. The van der Waals surface area contributed by atoms with Gasteiger partial charge >= 0.3 is 0 Å². The van der Waals surface area contributed by atoms with Gasteiger partial charge in [0.2, 0.25) is 5.91 Å². The number of Topliss-reactive ketones (excluding diaryl/α,β-unsaturated/α-hetero) is 1. The highest BCUT2D eigenvalue weighted by molar-refractivity contribution is 6.01. The average Bonchev–Trinajstić information content (AvgIpc) is 3.35. The van der Waals surface area contributed by atoms with E-state index in [4.69, 9.17) is 0 Å². The number of carbonyl (C=O) groups excluding carboxylic acids is 3. The van der Waals surface area contributed by atoms with Crippen molar-refractivity contribution in [3.05, 3.63) is 29.1 Å². The fourth-order valence-corrected chi connectivity index (χ4v) is 2.69. The van der Waals surface area contributed by atoms with E-state index in [1.165, 1.54) is 6.20 Å². The van der Waals surface area contributed by atoms with Gasteiger partial charge in [0.1, 0.15) is 0 Å². The summed E-state index contributed by atoms with van der Waals surface area (Å²) in [7, 11) is 0. The second kappa shape index (κ2) is 6.89. The van der Waals surface area contributed by atoms with Crippen molar-refractivity contribution >= 4 is 17.6 Å². The van der Waals surface area contributed by atoms with Crippen molar-refractivity contribution in [1.29, 1.82) is 0 Å². The quantitative estimate of drug-likeness (QED) is 0.777. The molecule has 2 N–H and O–H groups in total. The minimum atomic E-state index is -0.249. The van der Waals surface area contributed by atoms with Gasteiger partial charge in [0.25, 0.3) is 5.91 Å². The summed E-state index contributed by atoms with van der Waals surface area (Å²) >= 11 is 0. The predicted octanol–water partition coefficient (Wildman–Crippen LogP) is 1.39. The van der Waals surface area contributed by atoms with E-state index in [1.54, 1.807) is 6.07 Å². The van der Waals surface area contributed by atoms with Gasteiger partial charge in [-0.3, -0.25) is 19.4 Å². The molecule has 1 heterocycles. The van der Waals surface area contributed by atoms with E-state index >= 15 is 0 Å². The van der Waals surface area contributed by atoms with Crippen molar-refractivity contribution in [2.24, 2.45) is 0 Å². The van der Waals surface area contributed by atoms with Crippen LogP contribution in [0.2, 0.25) is 0 Å². The van der Waals surface area contributed by atoms with Crippen LogP contribution in [0.5, 0.6) is 0 Å². The zero-order chi connectivity index (χ0) is 16.2. The summed E-state index contributed by atoms with van der Waals surface area (Å²) in [6.45, 7) is 0.432.